The second-order valence-corrected chi connectivity index (χ2v) is 10.5. The number of hydrogen-bond donors (Lipinski definition) is 0. The number of aromatic nitrogens is 1. The molecule has 1 aromatic heterocycles. The van der Waals surface area contributed by atoms with E-state index in [2.05, 4.69) is 6.92 Å². The Morgan fingerprint density at radius 1 is 1.32 bits per heavy atom. The Labute approximate surface area is 154 Å². The molecule has 8 heteroatoms. The minimum atomic E-state index is -2.93. The van der Waals surface area contributed by atoms with Crippen molar-refractivity contribution in [2.24, 2.45) is 0 Å². The van der Waals surface area contributed by atoms with Crippen LogP contribution in [0.15, 0.2) is 0 Å². The molecule has 0 N–H and O–H groups in total. The van der Waals surface area contributed by atoms with Crippen molar-refractivity contribution in [3.05, 3.63) is 15.6 Å². The SMILES string of the molecule is CCc1nc2c(s1)C(N(C)C(=O)CN(C)C1CCS(=O)(=O)C1)CCC2. The molecule has 2 heterocycles. The molecule has 0 saturated carbocycles. The van der Waals surface area contributed by atoms with Gasteiger partial charge < -0.3 is 4.90 Å². The van der Waals surface area contributed by atoms with E-state index in [9.17, 15) is 13.2 Å². The van der Waals surface area contributed by atoms with Crippen LogP contribution in [0.5, 0.6) is 0 Å². The fraction of sp³-hybridized carbons (Fsp3) is 0.765. The molecule has 1 aliphatic heterocycles. The first-order valence-corrected chi connectivity index (χ1v) is 11.6. The Hall–Kier alpha value is -0.990. The lowest BCUT2D eigenvalue weighted by Gasteiger charge is -2.33. The van der Waals surface area contributed by atoms with E-state index < -0.39 is 9.84 Å². The number of fused-ring (bicyclic) bond motifs is 1. The van der Waals surface area contributed by atoms with Crippen molar-refractivity contribution in [3.8, 4) is 0 Å². The van der Waals surface area contributed by atoms with Crippen LogP contribution in [-0.2, 0) is 27.5 Å². The number of aryl methyl sites for hydroxylation is 2. The molecule has 1 amide bonds. The molecule has 1 saturated heterocycles. The number of sulfone groups is 1. The van der Waals surface area contributed by atoms with Crippen LogP contribution in [0.4, 0.5) is 0 Å². The summed E-state index contributed by atoms with van der Waals surface area (Å²) in [6, 6.07) is 0.0640. The van der Waals surface area contributed by atoms with E-state index in [1.807, 2.05) is 23.9 Å². The minimum absolute atomic E-state index is 0.0423. The Balaban J connectivity index is 1.66. The van der Waals surface area contributed by atoms with Gasteiger partial charge in [0.1, 0.15) is 0 Å². The van der Waals surface area contributed by atoms with Crippen molar-refractivity contribution in [1.29, 1.82) is 0 Å². The molecule has 3 rings (SSSR count). The second-order valence-electron chi connectivity index (χ2n) is 7.16. The van der Waals surface area contributed by atoms with E-state index in [0.29, 0.717) is 6.42 Å². The Morgan fingerprint density at radius 3 is 2.72 bits per heavy atom. The summed E-state index contributed by atoms with van der Waals surface area (Å²) in [5.74, 6) is 0.456. The van der Waals surface area contributed by atoms with Crippen molar-refractivity contribution in [2.75, 3.05) is 32.1 Å². The average molecular weight is 386 g/mol. The summed E-state index contributed by atoms with van der Waals surface area (Å²) in [5.41, 5.74) is 1.16. The molecule has 1 aromatic rings. The van der Waals surface area contributed by atoms with E-state index in [-0.39, 0.29) is 36.0 Å². The van der Waals surface area contributed by atoms with Crippen LogP contribution in [-0.4, -0.2) is 67.3 Å². The topological polar surface area (TPSA) is 70.6 Å². The maximum Gasteiger partial charge on any atom is 0.237 e. The highest BCUT2D eigenvalue weighted by molar-refractivity contribution is 7.91. The van der Waals surface area contributed by atoms with Crippen LogP contribution in [0.1, 0.15) is 47.8 Å². The summed E-state index contributed by atoms with van der Waals surface area (Å²) in [6.07, 6.45) is 4.59. The van der Waals surface area contributed by atoms with Gasteiger partial charge in [0.2, 0.25) is 5.91 Å². The Bertz CT molecular complexity index is 744. The fourth-order valence-electron chi connectivity index (χ4n) is 3.72. The third kappa shape index (κ3) is 4.06. The van der Waals surface area contributed by atoms with Gasteiger partial charge in [0.15, 0.2) is 9.84 Å². The monoisotopic (exact) mass is 385 g/mol. The lowest BCUT2D eigenvalue weighted by molar-refractivity contribution is -0.133. The van der Waals surface area contributed by atoms with Crippen LogP contribution in [0, 0.1) is 0 Å². The summed E-state index contributed by atoms with van der Waals surface area (Å²) in [6.45, 7) is 2.38. The number of thiazole rings is 1. The van der Waals surface area contributed by atoms with E-state index >= 15 is 0 Å². The molecule has 0 bridgehead atoms. The average Bonchev–Trinajstić information content (AvgIpc) is 3.16. The molecule has 1 aliphatic carbocycles. The van der Waals surface area contributed by atoms with Gasteiger partial charge in [-0.3, -0.25) is 9.69 Å². The number of hydrogen-bond acceptors (Lipinski definition) is 6. The molecule has 2 aliphatic rings. The molecule has 2 atom stereocenters. The zero-order valence-electron chi connectivity index (χ0n) is 15.2. The van der Waals surface area contributed by atoms with Gasteiger partial charge >= 0.3 is 0 Å². The molecular weight excluding hydrogens is 358 g/mol. The zero-order chi connectivity index (χ0) is 18.2. The highest BCUT2D eigenvalue weighted by atomic mass is 32.2. The number of nitrogens with zero attached hydrogens (tertiary/aromatic N) is 3. The number of carbonyl (C=O) groups excluding carboxylic acids is 1. The van der Waals surface area contributed by atoms with Crippen molar-refractivity contribution in [2.45, 2.75) is 51.1 Å². The van der Waals surface area contributed by atoms with Crippen LogP contribution in [0.2, 0.25) is 0 Å². The first-order valence-electron chi connectivity index (χ1n) is 8.95. The number of amides is 1. The van der Waals surface area contributed by atoms with Gasteiger partial charge in [0.25, 0.3) is 0 Å². The normalized spacial score (nSPS) is 25.1. The summed E-state index contributed by atoms with van der Waals surface area (Å²) in [7, 11) is 0.790. The van der Waals surface area contributed by atoms with Crippen molar-refractivity contribution in [3.63, 3.8) is 0 Å². The van der Waals surface area contributed by atoms with Crippen LogP contribution in [0.25, 0.3) is 0 Å². The first-order chi connectivity index (χ1) is 11.8. The van der Waals surface area contributed by atoms with Crippen molar-refractivity contribution < 1.29 is 13.2 Å². The van der Waals surface area contributed by atoms with Gasteiger partial charge in [0.05, 0.1) is 39.7 Å². The summed E-state index contributed by atoms with van der Waals surface area (Å²) >= 11 is 1.74. The first kappa shape index (κ1) is 18.8. The third-order valence-electron chi connectivity index (χ3n) is 5.35. The highest BCUT2D eigenvalue weighted by Gasteiger charge is 2.34. The lowest BCUT2D eigenvalue weighted by atomic mass is 9.97. The third-order valence-corrected chi connectivity index (χ3v) is 8.44. The lowest BCUT2D eigenvalue weighted by Crippen LogP contribution is -2.43. The quantitative estimate of drug-likeness (QED) is 0.771. The number of carbonyl (C=O) groups is 1. The van der Waals surface area contributed by atoms with Crippen LogP contribution in [0.3, 0.4) is 0 Å². The summed E-state index contributed by atoms with van der Waals surface area (Å²) in [5, 5.41) is 1.14. The molecule has 0 aromatic carbocycles. The van der Waals surface area contributed by atoms with Gasteiger partial charge in [-0.2, -0.15) is 0 Å². The molecular formula is C17H27N3O3S2. The highest BCUT2D eigenvalue weighted by Crippen LogP contribution is 2.37. The van der Waals surface area contributed by atoms with E-state index in [0.717, 1.165) is 36.4 Å². The molecule has 0 spiro atoms. The summed E-state index contributed by atoms with van der Waals surface area (Å²) in [4.78, 5) is 22.5. The van der Waals surface area contributed by atoms with Crippen LogP contribution < -0.4 is 0 Å². The largest absolute Gasteiger partial charge is 0.337 e. The standard InChI is InChI=1S/C17H27N3O3S2/c1-4-15-18-13-6-5-7-14(17(13)24-15)20(3)16(21)10-19(2)12-8-9-25(22,23)11-12/h12,14H,4-11H2,1-3H3. The van der Waals surface area contributed by atoms with Gasteiger partial charge in [-0.05, 0) is 39.2 Å². The van der Waals surface area contributed by atoms with Gasteiger partial charge in [0, 0.05) is 13.1 Å². The second kappa shape index (κ2) is 7.32. The molecule has 1 fully saturated rings. The Morgan fingerprint density at radius 2 is 2.08 bits per heavy atom. The van der Waals surface area contributed by atoms with Gasteiger partial charge in [-0.15, -0.1) is 11.3 Å². The minimum Gasteiger partial charge on any atom is -0.337 e. The molecule has 2 unspecified atom stereocenters. The predicted molar refractivity (Wildman–Crippen MR) is 99.6 cm³/mol. The fourth-order valence-corrected chi connectivity index (χ4v) is 6.76. The van der Waals surface area contributed by atoms with E-state index in [1.165, 1.54) is 4.88 Å². The Kier molecular flexibility index (Phi) is 5.51. The smallest absolute Gasteiger partial charge is 0.237 e. The van der Waals surface area contributed by atoms with Gasteiger partial charge in [-0.25, -0.2) is 13.4 Å². The maximum atomic E-state index is 12.8. The molecule has 25 heavy (non-hydrogen) atoms. The van der Waals surface area contributed by atoms with Gasteiger partial charge in [-0.1, -0.05) is 6.92 Å². The van der Waals surface area contributed by atoms with Crippen molar-refractivity contribution in [1.82, 2.24) is 14.8 Å². The number of likely N-dealkylation sites (N-methyl/N-ethyl adjacent to an activating group) is 2. The van der Waals surface area contributed by atoms with E-state index in [1.54, 1.807) is 11.3 Å². The predicted octanol–water partition coefficient (Wildman–Crippen LogP) is 1.66. The molecule has 6 nitrogen and oxygen atoms in total. The van der Waals surface area contributed by atoms with Crippen LogP contribution >= 0.6 is 11.3 Å². The molecule has 140 valence electrons. The maximum absolute atomic E-state index is 12.8. The number of rotatable bonds is 5. The van der Waals surface area contributed by atoms with Crippen molar-refractivity contribution >= 4 is 27.1 Å². The van der Waals surface area contributed by atoms with E-state index in [4.69, 9.17) is 4.98 Å². The summed E-state index contributed by atoms with van der Waals surface area (Å²) < 4.78 is 23.3. The zero-order valence-corrected chi connectivity index (χ0v) is 16.8. The molecule has 0 radical (unpaired) electrons.